The van der Waals surface area contributed by atoms with Gasteiger partial charge in [-0.25, -0.2) is 0 Å². The molecule has 3 rings (SSSR count). The highest BCUT2D eigenvalue weighted by Gasteiger charge is 2.42. The molecular weight excluding hydrogens is 214 g/mol. The molecule has 1 N–H and O–H groups in total. The fraction of sp³-hybridized carbons (Fsp3) is 0.455. The molecule has 0 unspecified atom stereocenters. The van der Waals surface area contributed by atoms with Crippen molar-refractivity contribution in [3.63, 3.8) is 0 Å². The van der Waals surface area contributed by atoms with Gasteiger partial charge in [0, 0.05) is 17.1 Å². The summed E-state index contributed by atoms with van der Waals surface area (Å²) in [5.41, 5.74) is 1.00. The van der Waals surface area contributed by atoms with Crippen LogP contribution in [0.5, 0.6) is 5.75 Å². The number of halogens is 1. The van der Waals surface area contributed by atoms with Crippen molar-refractivity contribution in [2.24, 2.45) is 0 Å². The van der Waals surface area contributed by atoms with Crippen LogP contribution in [-0.2, 0) is 10.3 Å². The summed E-state index contributed by atoms with van der Waals surface area (Å²) in [5, 5.41) is 4.19. The minimum atomic E-state index is -0.155. The lowest BCUT2D eigenvalue weighted by Gasteiger charge is -2.33. The van der Waals surface area contributed by atoms with Crippen LogP contribution in [-0.4, -0.2) is 26.4 Å². The van der Waals surface area contributed by atoms with E-state index in [1.54, 1.807) is 0 Å². The smallest absolute Gasteiger partial charge is 0.126 e. The molecule has 0 aromatic heterocycles. The lowest BCUT2D eigenvalue weighted by atomic mass is 9.92. The third kappa shape index (κ3) is 1.42. The summed E-state index contributed by atoms with van der Waals surface area (Å²) in [5.74, 6) is 0.875. The summed E-state index contributed by atoms with van der Waals surface area (Å²) in [4.78, 5) is 0. The van der Waals surface area contributed by atoms with Crippen LogP contribution < -0.4 is 10.1 Å². The SMILES string of the molecule is Clc1ccc2c(c1)OC[C@]21COCCN1. The summed E-state index contributed by atoms with van der Waals surface area (Å²) in [7, 11) is 0. The van der Waals surface area contributed by atoms with E-state index in [1.165, 1.54) is 0 Å². The monoisotopic (exact) mass is 225 g/mol. The van der Waals surface area contributed by atoms with Gasteiger partial charge in [-0.3, -0.25) is 0 Å². The number of hydrogen-bond acceptors (Lipinski definition) is 3. The lowest BCUT2D eigenvalue weighted by molar-refractivity contribution is 0.0160. The van der Waals surface area contributed by atoms with Gasteiger partial charge in [0.05, 0.1) is 13.2 Å². The van der Waals surface area contributed by atoms with E-state index in [0.29, 0.717) is 18.2 Å². The largest absolute Gasteiger partial charge is 0.491 e. The second kappa shape index (κ2) is 3.37. The molecule has 0 radical (unpaired) electrons. The van der Waals surface area contributed by atoms with Gasteiger partial charge in [0.2, 0.25) is 0 Å². The van der Waals surface area contributed by atoms with Crippen LogP contribution in [0.25, 0.3) is 0 Å². The molecule has 1 aromatic carbocycles. The van der Waals surface area contributed by atoms with Gasteiger partial charge < -0.3 is 14.8 Å². The van der Waals surface area contributed by atoms with Gasteiger partial charge in [0.25, 0.3) is 0 Å². The standard InChI is InChI=1S/C11H12ClNO2/c12-8-1-2-9-10(5-8)15-7-11(9)6-14-4-3-13-11/h1-2,5,13H,3-4,6-7H2/t11-/m1/s1. The maximum atomic E-state index is 5.92. The Labute approximate surface area is 93.3 Å². The predicted octanol–water partition coefficient (Wildman–Crippen LogP) is 1.55. The number of nitrogens with one attached hydrogen (secondary N) is 1. The Hall–Kier alpha value is -0.770. The van der Waals surface area contributed by atoms with Gasteiger partial charge in [0.15, 0.2) is 0 Å². The zero-order chi connectivity index (χ0) is 10.3. The van der Waals surface area contributed by atoms with Crippen molar-refractivity contribution < 1.29 is 9.47 Å². The molecule has 4 heteroatoms. The number of benzene rings is 1. The Kier molecular flexibility index (Phi) is 2.12. The van der Waals surface area contributed by atoms with E-state index >= 15 is 0 Å². The lowest BCUT2D eigenvalue weighted by Crippen LogP contribution is -2.52. The Morgan fingerprint density at radius 3 is 3.07 bits per heavy atom. The van der Waals surface area contributed by atoms with Crippen molar-refractivity contribution in [2.75, 3.05) is 26.4 Å². The normalized spacial score (nSPS) is 28.9. The fourth-order valence-corrected chi connectivity index (χ4v) is 2.38. The molecule has 0 saturated carbocycles. The Bertz CT molecular complexity index is 388. The number of hydrogen-bond donors (Lipinski definition) is 1. The van der Waals surface area contributed by atoms with E-state index in [0.717, 1.165) is 24.5 Å². The van der Waals surface area contributed by atoms with E-state index < -0.39 is 0 Å². The highest BCUT2D eigenvalue weighted by atomic mass is 35.5. The van der Waals surface area contributed by atoms with E-state index in [9.17, 15) is 0 Å². The van der Waals surface area contributed by atoms with Crippen molar-refractivity contribution in [1.29, 1.82) is 0 Å². The summed E-state index contributed by atoms with van der Waals surface area (Å²) in [6, 6.07) is 5.78. The van der Waals surface area contributed by atoms with Gasteiger partial charge in [-0.1, -0.05) is 17.7 Å². The van der Waals surface area contributed by atoms with Gasteiger partial charge in [0.1, 0.15) is 17.9 Å². The van der Waals surface area contributed by atoms with Crippen LogP contribution in [0.1, 0.15) is 5.56 Å². The first-order valence-electron chi connectivity index (χ1n) is 5.06. The molecular formula is C11H12ClNO2. The second-order valence-electron chi connectivity index (χ2n) is 3.99. The van der Waals surface area contributed by atoms with Crippen molar-refractivity contribution in [3.8, 4) is 5.75 Å². The van der Waals surface area contributed by atoms with Crippen LogP contribution in [0.15, 0.2) is 18.2 Å². The molecule has 1 saturated heterocycles. The number of ether oxygens (including phenoxy) is 2. The second-order valence-corrected chi connectivity index (χ2v) is 4.43. The average molecular weight is 226 g/mol. The number of rotatable bonds is 0. The van der Waals surface area contributed by atoms with E-state index in [4.69, 9.17) is 21.1 Å². The summed E-state index contributed by atoms with van der Waals surface area (Å²) in [6.07, 6.45) is 0. The van der Waals surface area contributed by atoms with E-state index in [-0.39, 0.29) is 5.54 Å². The van der Waals surface area contributed by atoms with Crippen molar-refractivity contribution in [3.05, 3.63) is 28.8 Å². The quantitative estimate of drug-likeness (QED) is 0.727. The average Bonchev–Trinajstić information content (AvgIpc) is 2.58. The summed E-state index contributed by atoms with van der Waals surface area (Å²) < 4.78 is 11.2. The highest BCUT2D eigenvalue weighted by Crippen LogP contribution is 2.39. The molecule has 2 heterocycles. The third-order valence-electron chi connectivity index (χ3n) is 2.99. The van der Waals surface area contributed by atoms with Crippen LogP contribution in [0.4, 0.5) is 0 Å². The van der Waals surface area contributed by atoms with Crippen LogP contribution in [0.3, 0.4) is 0 Å². The van der Waals surface area contributed by atoms with Gasteiger partial charge in [-0.05, 0) is 12.1 Å². The van der Waals surface area contributed by atoms with E-state index in [2.05, 4.69) is 5.32 Å². The van der Waals surface area contributed by atoms with Crippen molar-refractivity contribution >= 4 is 11.6 Å². The molecule has 15 heavy (non-hydrogen) atoms. The van der Waals surface area contributed by atoms with E-state index in [1.807, 2.05) is 18.2 Å². The first-order chi connectivity index (χ1) is 7.30. The minimum absolute atomic E-state index is 0.155. The topological polar surface area (TPSA) is 30.5 Å². The molecule has 1 aromatic rings. The zero-order valence-corrected chi connectivity index (χ0v) is 9.01. The molecule has 0 amide bonds. The fourth-order valence-electron chi connectivity index (χ4n) is 2.22. The molecule has 2 aliphatic rings. The maximum absolute atomic E-state index is 5.92. The molecule has 80 valence electrons. The van der Waals surface area contributed by atoms with Gasteiger partial charge >= 0.3 is 0 Å². The Balaban J connectivity index is 2.03. The van der Waals surface area contributed by atoms with Gasteiger partial charge in [-0.2, -0.15) is 0 Å². The molecule has 0 aliphatic carbocycles. The van der Waals surface area contributed by atoms with Crippen molar-refractivity contribution in [2.45, 2.75) is 5.54 Å². The molecule has 1 spiro atoms. The molecule has 3 nitrogen and oxygen atoms in total. The summed E-state index contributed by atoms with van der Waals surface area (Å²) in [6.45, 7) is 2.93. The zero-order valence-electron chi connectivity index (χ0n) is 8.25. The molecule has 0 bridgehead atoms. The minimum Gasteiger partial charge on any atom is -0.491 e. The Morgan fingerprint density at radius 1 is 1.33 bits per heavy atom. The molecule has 2 aliphatic heterocycles. The van der Waals surface area contributed by atoms with Crippen LogP contribution in [0, 0.1) is 0 Å². The first kappa shape index (κ1) is 9.46. The molecule has 1 fully saturated rings. The predicted molar refractivity (Wildman–Crippen MR) is 57.4 cm³/mol. The number of morpholine rings is 1. The molecule has 1 atom stereocenters. The number of fused-ring (bicyclic) bond motifs is 2. The third-order valence-corrected chi connectivity index (χ3v) is 3.23. The van der Waals surface area contributed by atoms with Gasteiger partial charge in [-0.15, -0.1) is 0 Å². The maximum Gasteiger partial charge on any atom is 0.126 e. The highest BCUT2D eigenvalue weighted by molar-refractivity contribution is 6.30. The Morgan fingerprint density at radius 2 is 2.27 bits per heavy atom. The van der Waals surface area contributed by atoms with Crippen LogP contribution >= 0.6 is 11.6 Å². The van der Waals surface area contributed by atoms with Crippen LogP contribution in [0.2, 0.25) is 5.02 Å². The van der Waals surface area contributed by atoms with Crippen molar-refractivity contribution in [1.82, 2.24) is 5.32 Å². The summed E-state index contributed by atoms with van der Waals surface area (Å²) >= 11 is 5.92. The first-order valence-corrected chi connectivity index (χ1v) is 5.44.